The highest BCUT2D eigenvalue weighted by Crippen LogP contribution is 2.29. The summed E-state index contributed by atoms with van der Waals surface area (Å²) in [5.74, 6) is 0.555. The van der Waals surface area contributed by atoms with Gasteiger partial charge in [0.2, 0.25) is 0 Å². The highest BCUT2D eigenvalue weighted by atomic mass is 32.1. The molecule has 0 atom stereocenters. The van der Waals surface area contributed by atoms with Crippen molar-refractivity contribution in [2.24, 2.45) is 0 Å². The maximum absolute atomic E-state index is 3.39. The summed E-state index contributed by atoms with van der Waals surface area (Å²) in [6.45, 7) is 4.51. The number of aromatic amines is 1. The van der Waals surface area contributed by atoms with Crippen molar-refractivity contribution in [2.45, 2.75) is 32.6 Å². The molecular formula is C21H21NS. The summed E-state index contributed by atoms with van der Waals surface area (Å²) < 4.78 is 1.39. The molecule has 4 aromatic rings. The van der Waals surface area contributed by atoms with E-state index < -0.39 is 0 Å². The van der Waals surface area contributed by atoms with Crippen LogP contribution in [0.2, 0.25) is 0 Å². The van der Waals surface area contributed by atoms with Crippen LogP contribution in [-0.2, 0) is 12.8 Å². The van der Waals surface area contributed by atoms with Crippen LogP contribution >= 0.6 is 11.3 Å². The van der Waals surface area contributed by atoms with Gasteiger partial charge in [0, 0.05) is 21.8 Å². The fraction of sp³-hybridized carbons (Fsp3) is 0.238. The molecule has 0 saturated carbocycles. The highest BCUT2D eigenvalue weighted by molar-refractivity contribution is 7.17. The number of aryl methyl sites for hydroxylation is 2. The molecule has 2 heteroatoms. The van der Waals surface area contributed by atoms with Crippen molar-refractivity contribution in [1.82, 2.24) is 4.98 Å². The Kier molecular flexibility index (Phi) is 3.70. The average molecular weight is 319 g/mol. The lowest BCUT2D eigenvalue weighted by molar-refractivity contribution is 0.875. The van der Waals surface area contributed by atoms with Crippen molar-refractivity contribution in [2.75, 3.05) is 0 Å². The van der Waals surface area contributed by atoms with E-state index in [1.807, 2.05) is 11.3 Å². The number of rotatable bonds is 4. The molecule has 2 aromatic heterocycles. The average Bonchev–Trinajstić information content (AvgIpc) is 3.16. The van der Waals surface area contributed by atoms with Gasteiger partial charge in [-0.05, 0) is 64.4 Å². The lowest BCUT2D eigenvalue weighted by Crippen LogP contribution is -1.91. The van der Waals surface area contributed by atoms with Crippen LogP contribution in [0, 0.1) is 0 Å². The van der Waals surface area contributed by atoms with E-state index in [1.165, 1.54) is 37.7 Å². The van der Waals surface area contributed by atoms with Crippen LogP contribution < -0.4 is 0 Å². The van der Waals surface area contributed by atoms with Gasteiger partial charge in [0.1, 0.15) is 0 Å². The summed E-state index contributed by atoms with van der Waals surface area (Å²) in [5.41, 5.74) is 5.57. The third-order valence-corrected chi connectivity index (χ3v) is 5.66. The summed E-state index contributed by atoms with van der Waals surface area (Å²) in [6.07, 6.45) is 4.36. The maximum atomic E-state index is 3.39. The molecule has 116 valence electrons. The number of aromatic nitrogens is 1. The van der Waals surface area contributed by atoms with Crippen molar-refractivity contribution in [3.8, 4) is 0 Å². The molecule has 2 aromatic carbocycles. The Morgan fingerprint density at radius 3 is 2.74 bits per heavy atom. The first-order valence-corrected chi connectivity index (χ1v) is 9.15. The molecule has 0 saturated heterocycles. The number of hydrogen-bond donors (Lipinski definition) is 1. The molecule has 0 aliphatic rings. The summed E-state index contributed by atoms with van der Waals surface area (Å²) in [5, 5.41) is 5.12. The lowest BCUT2D eigenvalue weighted by atomic mass is 9.98. The van der Waals surface area contributed by atoms with Gasteiger partial charge < -0.3 is 4.98 Å². The molecule has 0 aliphatic heterocycles. The SMILES string of the molecule is CC(C)c1c[nH]c2ccc(CCc3csc4ccccc34)cc12. The molecule has 2 heterocycles. The number of fused-ring (bicyclic) bond motifs is 2. The minimum absolute atomic E-state index is 0.555. The lowest BCUT2D eigenvalue weighted by Gasteiger charge is -2.05. The van der Waals surface area contributed by atoms with Gasteiger partial charge >= 0.3 is 0 Å². The van der Waals surface area contributed by atoms with Crippen LogP contribution in [0.3, 0.4) is 0 Å². The number of H-pyrrole nitrogens is 1. The minimum atomic E-state index is 0.555. The summed E-state index contributed by atoms with van der Waals surface area (Å²) in [6, 6.07) is 15.6. The second-order valence-corrected chi connectivity index (χ2v) is 7.45. The van der Waals surface area contributed by atoms with Crippen molar-refractivity contribution >= 4 is 32.3 Å². The predicted octanol–water partition coefficient (Wildman–Crippen LogP) is 6.29. The van der Waals surface area contributed by atoms with Gasteiger partial charge in [-0.15, -0.1) is 11.3 Å². The zero-order valence-corrected chi connectivity index (χ0v) is 14.4. The summed E-state index contributed by atoms with van der Waals surface area (Å²) >= 11 is 1.85. The first kappa shape index (κ1) is 14.5. The topological polar surface area (TPSA) is 15.8 Å². The Bertz CT molecular complexity index is 958. The van der Waals surface area contributed by atoms with E-state index in [9.17, 15) is 0 Å². The molecule has 23 heavy (non-hydrogen) atoms. The van der Waals surface area contributed by atoms with E-state index in [-0.39, 0.29) is 0 Å². The number of benzene rings is 2. The van der Waals surface area contributed by atoms with Crippen LogP contribution in [0.15, 0.2) is 54.0 Å². The fourth-order valence-electron chi connectivity index (χ4n) is 3.33. The molecule has 0 radical (unpaired) electrons. The second-order valence-electron chi connectivity index (χ2n) is 6.54. The molecule has 0 aliphatic carbocycles. The monoisotopic (exact) mass is 319 g/mol. The summed E-state index contributed by atoms with van der Waals surface area (Å²) in [7, 11) is 0. The molecule has 0 unspecified atom stereocenters. The van der Waals surface area contributed by atoms with Gasteiger partial charge in [-0.25, -0.2) is 0 Å². The summed E-state index contributed by atoms with van der Waals surface area (Å²) in [4.78, 5) is 3.39. The third kappa shape index (κ3) is 2.68. The van der Waals surface area contributed by atoms with Crippen LogP contribution in [0.25, 0.3) is 21.0 Å². The Hall–Kier alpha value is -2.06. The van der Waals surface area contributed by atoms with E-state index >= 15 is 0 Å². The minimum Gasteiger partial charge on any atom is -0.361 e. The van der Waals surface area contributed by atoms with E-state index in [4.69, 9.17) is 0 Å². The molecule has 1 N–H and O–H groups in total. The van der Waals surface area contributed by atoms with Crippen molar-refractivity contribution in [3.05, 3.63) is 70.7 Å². The van der Waals surface area contributed by atoms with Crippen LogP contribution in [0.4, 0.5) is 0 Å². The fourth-order valence-corrected chi connectivity index (χ4v) is 4.33. The number of nitrogens with one attached hydrogen (secondary N) is 1. The normalized spacial score (nSPS) is 11.8. The first-order valence-electron chi connectivity index (χ1n) is 8.27. The molecule has 0 spiro atoms. The third-order valence-electron chi connectivity index (χ3n) is 4.64. The second kappa shape index (κ2) is 5.86. The zero-order valence-electron chi connectivity index (χ0n) is 13.6. The molecule has 0 amide bonds. The largest absolute Gasteiger partial charge is 0.361 e. The smallest absolute Gasteiger partial charge is 0.0457 e. The van der Waals surface area contributed by atoms with Gasteiger partial charge in [-0.3, -0.25) is 0 Å². The quantitative estimate of drug-likeness (QED) is 0.455. The molecule has 1 nitrogen and oxygen atoms in total. The van der Waals surface area contributed by atoms with E-state index in [0.717, 1.165) is 12.8 Å². The van der Waals surface area contributed by atoms with Crippen molar-refractivity contribution in [1.29, 1.82) is 0 Å². The number of hydrogen-bond acceptors (Lipinski definition) is 1. The Labute approximate surface area is 141 Å². The van der Waals surface area contributed by atoms with E-state index in [2.05, 4.69) is 72.9 Å². The number of thiophene rings is 1. The molecule has 4 rings (SSSR count). The van der Waals surface area contributed by atoms with Gasteiger partial charge in [-0.2, -0.15) is 0 Å². The van der Waals surface area contributed by atoms with Gasteiger partial charge in [0.05, 0.1) is 0 Å². The predicted molar refractivity (Wildman–Crippen MR) is 102 cm³/mol. The standard InChI is InChI=1S/C21H21NS/c1-14(2)19-12-22-20-10-8-15(11-18(19)20)7-9-16-13-23-21-6-4-3-5-17(16)21/h3-6,8,10-14,22H,7,9H2,1-2H3. The van der Waals surface area contributed by atoms with Crippen molar-refractivity contribution in [3.63, 3.8) is 0 Å². The first-order chi connectivity index (χ1) is 11.2. The highest BCUT2D eigenvalue weighted by Gasteiger charge is 2.09. The zero-order chi connectivity index (χ0) is 15.8. The van der Waals surface area contributed by atoms with Gasteiger partial charge in [-0.1, -0.05) is 38.1 Å². The Morgan fingerprint density at radius 1 is 1.00 bits per heavy atom. The van der Waals surface area contributed by atoms with E-state index in [1.54, 1.807) is 0 Å². The molecular weight excluding hydrogens is 298 g/mol. The molecule has 0 fully saturated rings. The maximum Gasteiger partial charge on any atom is 0.0457 e. The van der Waals surface area contributed by atoms with Gasteiger partial charge in [0.25, 0.3) is 0 Å². The van der Waals surface area contributed by atoms with E-state index in [0.29, 0.717) is 5.92 Å². The van der Waals surface area contributed by atoms with Crippen LogP contribution in [0.1, 0.15) is 36.5 Å². The van der Waals surface area contributed by atoms with Gasteiger partial charge in [0.15, 0.2) is 0 Å². The Morgan fingerprint density at radius 2 is 1.87 bits per heavy atom. The van der Waals surface area contributed by atoms with Crippen molar-refractivity contribution < 1.29 is 0 Å². The Balaban J connectivity index is 1.61. The van der Waals surface area contributed by atoms with Crippen LogP contribution in [-0.4, -0.2) is 4.98 Å². The molecule has 0 bridgehead atoms. The van der Waals surface area contributed by atoms with Crippen LogP contribution in [0.5, 0.6) is 0 Å².